The van der Waals surface area contributed by atoms with Gasteiger partial charge in [0.25, 0.3) is 0 Å². The zero-order valence-electron chi connectivity index (χ0n) is 9.35. The van der Waals surface area contributed by atoms with E-state index < -0.39 is 0 Å². The van der Waals surface area contributed by atoms with Gasteiger partial charge in [0.2, 0.25) is 5.13 Å². The Morgan fingerprint density at radius 1 is 1.44 bits per heavy atom. The van der Waals surface area contributed by atoms with Crippen LogP contribution in [0.1, 0.15) is 5.56 Å². The monoisotopic (exact) mass is 389 g/mol. The maximum Gasteiger partial charge on any atom is 0.203 e. The van der Waals surface area contributed by atoms with Crippen molar-refractivity contribution in [3.8, 4) is 5.75 Å². The van der Waals surface area contributed by atoms with Crippen LogP contribution in [0.5, 0.6) is 5.75 Å². The summed E-state index contributed by atoms with van der Waals surface area (Å²) in [7, 11) is 1.62. The van der Waals surface area contributed by atoms with E-state index in [0.717, 1.165) is 25.4 Å². The third-order valence-electron chi connectivity index (χ3n) is 2.04. The van der Waals surface area contributed by atoms with E-state index in [2.05, 4.69) is 47.4 Å². The number of rotatable bonds is 4. The van der Waals surface area contributed by atoms with Crippen LogP contribution in [-0.4, -0.2) is 18.3 Å². The van der Waals surface area contributed by atoms with E-state index in [9.17, 15) is 0 Å². The van der Waals surface area contributed by atoms with Gasteiger partial charge in [-0.25, -0.2) is 4.98 Å². The van der Waals surface area contributed by atoms with Crippen molar-refractivity contribution in [2.75, 3.05) is 12.5 Å². The summed E-state index contributed by atoms with van der Waals surface area (Å²) in [6, 6.07) is 3.85. The zero-order valence-corrected chi connectivity index (χ0v) is 13.3. The highest BCUT2D eigenvalue weighted by atomic mass is 79.9. The Kier molecular flexibility index (Phi) is 4.73. The van der Waals surface area contributed by atoms with E-state index in [4.69, 9.17) is 4.74 Å². The van der Waals surface area contributed by atoms with Gasteiger partial charge in [0, 0.05) is 21.6 Å². The number of benzene rings is 1. The Bertz CT molecular complexity index is 558. The van der Waals surface area contributed by atoms with Crippen LogP contribution >= 0.6 is 43.2 Å². The van der Waals surface area contributed by atoms with Crippen molar-refractivity contribution in [2.24, 2.45) is 5.10 Å². The molecule has 0 spiro atoms. The SMILES string of the molecule is COc1c(Br)cc(Br)cc1/C=N\Nc1nccs1. The van der Waals surface area contributed by atoms with Gasteiger partial charge in [0.1, 0.15) is 5.75 Å². The van der Waals surface area contributed by atoms with Gasteiger partial charge in [-0.15, -0.1) is 11.3 Å². The molecule has 0 bridgehead atoms. The molecule has 94 valence electrons. The predicted molar refractivity (Wildman–Crippen MR) is 81.7 cm³/mol. The van der Waals surface area contributed by atoms with Crippen LogP contribution in [0.2, 0.25) is 0 Å². The van der Waals surface area contributed by atoms with Crippen LogP contribution in [0.4, 0.5) is 5.13 Å². The fraction of sp³-hybridized carbons (Fsp3) is 0.0909. The number of nitrogens with one attached hydrogen (secondary N) is 1. The average Bonchev–Trinajstić information content (AvgIpc) is 2.81. The van der Waals surface area contributed by atoms with E-state index in [1.54, 1.807) is 19.5 Å². The lowest BCUT2D eigenvalue weighted by atomic mass is 10.2. The van der Waals surface area contributed by atoms with Crippen LogP contribution in [0, 0.1) is 0 Å². The molecule has 1 aromatic heterocycles. The number of hydrogen-bond acceptors (Lipinski definition) is 5. The molecular formula is C11H9Br2N3OS. The number of hydrogen-bond donors (Lipinski definition) is 1. The molecule has 0 radical (unpaired) electrons. The van der Waals surface area contributed by atoms with Crippen molar-refractivity contribution < 1.29 is 4.74 Å². The minimum Gasteiger partial charge on any atom is -0.495 e. The Morgan fingerprint density at radius 3 is 2.94 bits per heavy atom. The Balaban J connectivity index is 2.20. The molecule has 4 nitrogen and oxygen atoms in total. The second-order valence-corrected chi connectivity index (χ2v) is 5.88. The third-order valence-corrected chi connectivity index (χ3v) is 3.76. The second kappa shape index (κ2) is 6.31. The summed E-state index contributed by atoms with van der Waals surface area (Å²) in [6.07, 6.45) is 3.41. The number of thiazole rings is 1. The summed E-state index contributed by atoms with van der Waals surface area (Å²) in [5, 5.41) is 6.76. The lowest BCUT2D eigenvalue weighted by molar-refractivity contribution is 0.411. The number of aromatic nitrogens is 1. The number of methoxy groups -OCH3 is 1. The predicted octanol–water partition coefficient (Wildman–Crippen LogP) is 4.12. The van der Waals surface area contributed by atoms with Crippen molar-refractivity contribution in [2.45, 2.75) is 0 Å². The van der Waals surface area contributed by atoms with E-state index in [-0.39, 0.29) is 0 Å². The molecule has 0 fully saturated rings. The molecule has 1 N–H and O–H groups in total. The smallest absolute Gasteiger partial charge is 0.203 e. The fourth-order valence-corrected chi connectivity index (χ4v) is 3.23. The summed E-state index contributed by atoms with van der Waals surface area (Å²) in [4.78, 5) is 4.07. The first-order valence-corrected chi connectivity index (χ1v) is 7.39. The zero-order chi connectivity index (χ0) is 13.0. The van der Waals surface area contributed by atoms with E-state index in [1.807, 2.05) is 17.5 Å². The van der Waals surface area contributed by atoms with Crippen molar-refractivity contribution in [1.82, 2.24) is 4.98 Å². The highest BCUT2D eigenvalue weighted by Gasteiger charge is 2.07. The van der Waals surface area contributed by atoms with Gasteiger partial charge < -0.3 is 4.74 Å². The molecule has 18 heavy (non-hydrogen) atoms. The molecule has 2 rings (SSSR count). The van der Waals surface area contributed by atoms with Crippen molar-refractivity contribution in [1.29, 1.82) is 0 Å². The van der Waals surface area contributed by atoms with Crippen molar-refractivity contribution >= 4 is 54.5 Å². The molecule has 0 amide bonds. The largest absolute Gasteiger partial charge is 0.495 e. The van der Waals surface area contributed by atoms with Crippen LogP contribution < -0.4 is 10.2 Å². The lowest BCUT2D eigenvalue weighted by Crippen LogP contribution is -1.95. The number of halogens is 2. The maximum atomic E-state index is 5.32. The topological polar surface area (TPSA) is 46.5 Å². The Hall–Kier alpha value is -0.920. The second-order valence-electron chi connectivity index (χ2n) is 3.22. The lowest BCUT2D eigenvalue weighted by Gasteiger charge is -2.07. The quantitative estimate of drug-likeness (QED) is 0.630. The minimum atomic E-state index is 0.739. The summed E-state index contributed by atoms with van der Waals surface area (Å²) < 4.78 is 7.14. The van der Waals surface area contributed by atoms with Crippen LogP contribution in [0.25, 0.3) is 0 Å². The standard InChI is InChI=1S/C11H9Br2N3OS/c1-17-10-7(4-8(12)5-9(10)13)6-15-16-11-14-2-3-18-11/h2-6H,1H3,(H,14,16)/b15-6-. The molecular weight excluding hydrogens is 382 g/mol. The molecule has 1 heterocycles. The van der Waals surface area contributed by atoms with Gasteiger partial charge in [-0.3, -0.25) is 5.43 Å². The van der Waals surface area contributed by atoms with Crippen LogP contribution in [0.3, 0.4) is 0 Å². The molecule has 7 heteroatoms. The maximum absolute atomic E-state index is 5.32. The first-order valence-electron chi connectivity index (χ1n) is 4.92. The van der Waals surface area contributed by atoms with Gasteiger partial charge >= 0.3 is 0 Å². The molecule has 0 saturated carbocycles. The molecule has 0 aliphatic heterocycles. The normalized spacial score (nSPS) is 10.8. The van der Waals surface area contributed by atoms with E-state index >= 15 is 0 Å². The van der Waals surface area contributed by atoms with Crippen molar-refractivity contribution in [3.63, 3.8) is 0 Å². The first-order chi connectivity index (χ1) is 8.70. The Labute approximate surface area is 125 Å². The van der Waals surface area contributed by atoms with Gasteiger partial charge in [-0.2, -0.15) is 5.10 Å². The van der Waals surface area contributed by atoms with Gasteiger partial charge in [-0.05, 0) is 28.1 Å². The summed E-state index contributed by atoms with van der Waals surface area (Å²) in [5.41, 5.74) is 3.72. The van der Waals surface area contributed by atoms with Crippen LogP contribution in [0.15, 0.2) is 37.8 Å². The molecule has 0 saturated heterocycles. The highest BCUT2D eigenvalue weighted by Crippen LogP contribution is 2.31. The number of hydrazone groups is 1. The van der Waals surface area contributed by atoms with Gasteiger partial charge in [-0.1, -0.05) is 15.9 Å². The molecule has 0 atom stereocenters. The minimum absolute atomic E-state index is 0.739. The molecule has 2 aromatic rings. The van der Waals surface area contributed by atoms with Gasteiger partial charge in [0.15, 0.2) is 0 Å². The number of ether oxygens (including phenoxy) is 1. The fourth-order valence-electron chi connectivity index (χ4n) is 1.33. The van der Waals surface area contributed by atoms with E-state index in [0.29, 0.717) is 0 Å². The molecule has 1 aromatic carbocycles. The summed E-state index contributed by atoms with van der Waals surface area (Å²) >= 11 is 8.36. The third kappa shape index (κ3) is 3.30. The van der Waals surface area contributed by atoms with Crippen LogP contribution in [-0.2, 0) is 0 Å². The van der Waals surface area contributed by atoms with Crippen molar-refractivity contribution in [3.05, 3.63) is 38.2 Å². The van der Waals surface area contributed by atoms with Gasteiger partial charge in [0.05, 0.1) is 17.8 Å². The number of nitrogens with zero attached hydrogens (tertiary/aromatic N) is 2. The summed E-state index contributed by atoms with van der Waals surface area (Å²) in [5.74, 6) is 0.739. The molecule has 0 aliphatic carbocycles. The number of anilines is 1. The summed E-state index contributed by atoms with van der Waals surface area (Å²) in [6.45, 7) is 0. The Morgan fingerprint density at radius 2 is 2.28 bits per heavy atom. The molecule has 0 unspecified atom stereocenters. The average molecular weight is 391 g/mol. The highest BCUT2D eigenvalue weighted by molar-refractivity contribution is 9.11. The first kappa shape index (κ1) is 13.5. The molecule has 0 aliphatic rings. The van der Waals surface area contributed by atoms with E-state index in [1.165, 1.54) is 11.3 Å².